The molecule has 0 fully saturated rings. The summed E-state index contributed by atoms with van der Waals surface area (Å²) in [5.74, 6) is 1.27. The average molecular weight is 341 g/mol. The van der Waals surface area contributed by atoms with Crippen molar-refractivity contribution in [2.45, 2.75) is 25.8 Å². The van der Waals surface area contributed by atoms with E-state index in [-0.39, 0.29) is 17.5 Å². The predicted molar refractivity (Wildman–Crippen MR) is 95.7 cm³/mol. The number of benzene rings is 2. The van der Waals surface area contributed by atoms with Gasteiger partial charge in [0.2, 0.25) is 0 Å². The van der Waals surface area contributed by atoms with Crippen LogP contribution in [-0.2, 0) is 12.8 Å². The molecule has 0 radical (unpaired) electrons. The van der Waals surface area contributed by atoms with Gasteiger partial charge in [-0.2, -0.15) is 0 Å². The van der Waals surface area contributed by atoms with Gasteiger partial charge < -0.3 is 19.7 Å². The van der Waals surface area contributed by atoms with E-state index in [1.54, 1.807) is 13.2 Å². The van der Waals surface area contributed by atoms with E-state index in [1.807, 2.05) is 19.1 Å². The Morgan fingerprint density at radius 3 is 2.64 bits per heavy atom. The molecule has 2 N–H and O–H groups in total. The maximum Gasteiger partial charge on any atom is 0.168 e. The lowest BCUT2D eigenvalue weighted by molar-refractivity contribution is 0.226. The number of aromatic hydroxyl groups is 2. The quantitative estimate of drug-likeness (QED) is 0.897. The molecule has 0 aromatic heterocycles. The number of hydrogen-bond acceptors (Lipinski definition) is 5. The van der Waals surface area contributed by atoms with Crippen LogP contribution in [0.4, 0.5) is 0 Å². The van der Waals surface area contributed by atoms with E-state index in [0.717, 1.165) is 36.1 Å². The lowest BCUT2D eigenvalue weighted by atomic mass is 9.76. The Kier molecular flexibility index (Phi) is 3.76. The standard InChI is InChI=1S/C20H23NO4/c1-4-25-17-10-13-12(9-15(17)22)7-14-18-11(5-6-21(14)2)8-16(23)20(24-3)19(13)18/h8-10,14,22-23H,4-7H2,1-3H3. The van der Waals surface area contributed by atoms with Gasteiger partial charge in [0, 0.05) is 18.2 Å². The minimum Gasteiger partial charge on any atom is -0.504 e. The zero-order valence-corrected chi connectivity index (χ0v) is 14.8. The van der Waals surface area contributed by atoms with Gasteiger partial charge in [-0.1, -0.05) is 0 Å². The number of fused-ring (bicyclic) bond motifs is 2. The molecule has 0 saturated heterocycles. The monoisotopic (exact) mass is 341 g/mol. The van der Waals surface area contributed by atoms with E-state index in [0.29, 0.717) is 18.1 Å². The highest BCUT2D eigenvalue weighted by Gasteiger charge is 2.36. The molecule has 2 aromatic carbocycles. The maximum absolute atomic E-state index is 10.5. The largest absolute Gasteiger partial charge is 0.504 e. The first kappa shape index (κ1) is 16.1. The molecule has 4 rings (SSSR count). The third-order valence-electron chi connectivity index (χ3n) is 5.36. The first-order valence-corrected chi connectivity index (χ1v) is 8.67. The lowest BCUT2D eigenvalue weighted by Gasteiger charge is -2.40. The fraction of sp³-hybridized carbons (Fsp3) is 0.400. The van der Waals surface area contributed by atoms with E-state index < -0.39 is 0 Å². The number of likely N-dealkylation sites (N-methyl/N-ethyl adjacent to an activating group) is 1. The van der Waals surface area contributed by atoms with Crippen molar-refractivity contribution in [1.82, 2.24) is 4.90 Å². The van der Waals surface area contributed by atoms with E-state index in [9.17, 15) is 10.2 Å². The number of phenols is 2. The second-order valence-corrected chi connectivity index (χ2v) is 6.74. The van der Waals surface area contributed by atoms with Gasteiger partial charge >= 0.3 is 0 Å². The Bertz CT molecular complexity index is 846. The third-order valence-corrected chi connectivity index (χ3v) is 5.36. The minimum absolute atomic E-state index is 0.154. The molecule has 1 aliphatic carbocycles. The molecular formula is C20H23NO4. The van der Waals surface area contributed by atoms with Gasteiger partial charge in [-0.25, -0.2) is 0 Å². The Balaban J connectivity index is 2.04. The second kappa shape index (κ2) is 5.85. The van der Waals surface area contributed by atoms with Crippen LogP contribution in [0.1, 0.15) is 29.7 Å². The summed E-state index contributed by atoms with van der Waals surface area (Å²) < 4.78 is 11.1. The van der Waals surface area contributed by atoms with Crippen LogP contribution in [0.25, 0.3) is 11.1 Å². The molecule has 0 amide bonds. The molecule has 25 heavy (non-hydrogen) atoms. The average Bonchev–Trinajstić information content (AvgIpc) is 2.59. The van der Waals surface area contributed by atoms with E-state index in [1.165, 1.54) is 11.1 Å². The van der Waals surface area contributed by atoms with Crippen LogP contribution in [0.2, 0.25) is 0 Å². The van der Waals surface area contributed by atoms with Crippen LogP contribution in [0.3, 0.4) is 0 Å². The summed E-state index contributed by atoms with van der Waals surface area (Å²) in [7, 11) is 3.70. The van der Waals surface area contributed by atoms with Crippen LogP contribution in [0, 0.1) is 0 Å². The highest BCUT2D eigenvalue weighted by atomic mass is 16.5. The number of nitrogens with zero attached hydrogens (tertiary/aromatic N) is 1. The summed E-state index contributed by atoms with van der Waals surface area (Å²) >= 11 is 0. The molecule has 0 saturated carbocycles. The summed E-state index contributed by atoms with van der Waals surface area (Å²) in [6, 6.07) is 5.72. The SMILES string of the molecule is CCOc1cc2c(cc1O)CC1c3c(cc(O)c(OC)c3-2)CCN1C. The van der Waals surface area contributed by atoms with Crippen molar-refractivity contribution >= 4 is 0 Å². The van der Waals surface area contributed by atoms with Gasteiger partial charge in [-0.15, -0.1) is 0 Å². The summed E-state index contributed by atoms with van der Waals surface area (Å²) in [4.78, 5) is 2.33. The summed E-state index contributed by atoms with van der Waals surface area (Å²) in [6.45, 7) is 3.31. The topological polar surface area (TPSA) is 62.2 Å². The van der Waals surface area contributed by atoms with Crippen LogP contribution >= 0.6 is 0 Å². The van der Waals surface area contributed by atoms with Crippen molar-refractivity contribution in [3.05, 3.63) is 34.9 Å². The van der Waals surface area contributed by atoms with Crippen molar-refractivity contribution in [1.29, 1.82) is 0 Å². The van der Waals surface area contributed by atoms with Crippen molar-refractivity contribution < 1.29 is 19.7 Å². The minimum atomic E-state index is 0.154. The molecule has 2 aliphatic rings. The van der Waals surface area contributed by atoms with E-state index in [2.05, 4.69) is 11.9 Å². The predicted octanol–water partition coefficient (Wildman–Crippen LogP) is 3.26. The third kappa shape index (κ3) is 2.34. The fourth-order valence-electron chi connectivity index (χ4n) is 4.20. The molecule has 1 aliphatic heterocycles. The number of methoxy groups -OCH3 is 1. The smallest absolute Gasteiger partial charge is 0.168 e. The van der Waals surface area contributed by atoms with Gasteiger partial charge in [0.15, 0.2) is 23.0 Å². The molecule has 132 valence electrons. The second-order valence-electron chi connectivity index (χ2n) is 6.74. The van der Waals surface area contributed by atoms with Crippen LogP contribution in [0.5, 0.6) is 23.0 Å². The molecule has 2 aromatic rings. The first-order valence-electron chi connectivity index (χ1n) is 8.67. The zero-order valence-electron chi connectivity index (χ0n) is 14.8. The molecule has 5 nitrogen and oxygen atoms in total. The van der Waals surface area contributed by atoms with Gasteiger partial charge in [-0.3, -0.25) is 4.90 Å². The van der Waals surface area contributed by atoms with E-state index in [4.69, 9.17) is 9.47 Å². The highest BCUT2D eigenvalue weighted by molar-refractivity contribution is 5.84. The van der Waals surface area contributed by atoms with Gasteiger partial charge in [0.05, 0.1) is 13.7 Å². The molecule has 0 spiro atoms. The maximum atomic E-state index is 10.5. The van der Waals surface area contributed by atoms with Crippen molar-refractivity contribution in [2.75, 3.05) is 27.3 Å². The zero-order chi connectivity index (χ0) is 17.7. The van der Waals surface area contributed by atoms with Crippen LogP contribution < -0.4 is 9.47 Å². The van der Waals surface area contributed by atoms with Crippen molar-refractivity contribution in [3.8, 4) is 34.1 Å². The van der Waals surface area contributed by atoms with Gasteiger partial charge in [0.25, 0.3) is 0 Å². The molecular weight excluding hydrogens is 318 g/mol. The first-order chi connectivity index (χ1) is 12.0. The van der Waals surface area contributed by atoms with Crippen LogP contribution in [-0.4, -0.2) is 42.4 Å². The molecule has 0 bridgehead atoms. The summed E-state index contributed by atoms with van der Waals surface area (Å²) in [5, 5.41) is 20.8. The van der Waals surface area contributed by atoms with E-state index >= 15 is 0 Å². The number of rotatable bonds is 3. The highest BCUT2D eigenvalue weighted by Crippen LogP contribution is 2.53. The number of phenolic OH excluding ortho intramolecular Hbond substituents is 2. The Labute approximate surface area is 147 Å². The van der Waals surface area contributed by atoms with Crippen LogP contribution in [0.15, 0.2) is 18.2 Å². The Morgan fingerprint density at radius 1 is 1.16 bits per heavy atom. The normalized spacial score (nSPS) is 18.4. The number of hydrogen-bond donors (Lipinski definition) is 2. The van der Waals surface area contributed by atoms with Crippen molar-refractivity contribution in [2.24, 2.45) is 0 Å². The fourth-order valence-corrected chi connectivity index (χ4v) is 4.20. The molecule has 1 heterocycles. The Morgan fingerprint density at radius 2 is 1.92 bits per heavy atom. The molecule has 5 heteroatoms. The molecule has 1 atom stereocenters. The van der Waals surface area contributed by atoms with Crippen molar-refractivity contribution in [3.63, 3.8) is 0 Å². The number of ether oxygens (including phenoxy) is 2. The lowest BCUT2D eigenvalue weighted by Crippen LogP contribution is -2.35. The molecule has 1 unspecified atom stereocenters. The Hall–Kier alpha value is -2.40. The summed E-state index contributed by atoms with van der Waals surface area (Å²) in [6.07, 6.45) is 1.72. The van der Waals surface area contributed by atoms with Gasteiger partial charge in [0.1, 0.15) is 0 Å². The summed E-state index contributed by atoms with van der Waals surface area (Å²) in [5.41, 5.74) is 5.34. The van der Waals surface area contributed by atoms with Gasteiger partial charge in [-0.05, 0) is 67.3 Å².